The fourth-order valence-electron chi connectivity index (χ4n) is 3.15. The maximum absolute atomic E-state index is 11.8. The molecule has 1 fully saturated rings. The van der Waals surface area contributed by atoms with Gasteiger partial charge >= 0.3 is 5.97 Å². The number of methoxy groups -OCH3 is 2. The van der Waals surface area contributed by atoms with Crippen molar-refractivity contribution in [1.82, 2.24) is 0 Å². The smallest absolute Gasteiger partial charge is 0.353 e. The summed E-state index contributed by atoms with van der Waals surface area (Å²) < 4.78 is 16.3. The van der Waals surface area contributed by atoms with Crippen LogP contribution in [0.2, 0.25) is 0 Å². The van der Waals surface area contributed by atoms with Crippen LogP contribution in [-0.2, 0) is 14.4 Å². The average Bonchev–Trinajstić information content (AvgIpc) is 3.24. The zero-order chi connectivity index (χ0) is 17.2. The fourth-order valence-corrected chi connectivity index (χ4v) is 3.15. The van der Waals surface area contributed by atoms with Crippen LogP contribution in [0.25, 0.3) is 0 Å². The molecule has 0 bridgehead atoms. The summed E-state index contributed by atoms with van der Waals surface area (Å²) in [6, 6.07) is 5.66. The SMILES string of the molecule is COC(=O)[C@@]1(C)CC(c2ccc(OC)c(OC3CCCC3)c2)=NO1. The van der Waals surface area contributed by atoms with E-state index in [4.69, 9.17) is 19.0 Å². The standard InChI is InChI=1S/C18H23NO5/c1-18(17(20)22-3)11-14(19-24-18)12-8-9-15(21-2)16(10-12)23-13-6-4-5-7-13/h8-10,13H,4-7,11H2,1-3H3/t18-/m1/s1. The Morgan fingerprint density at radius 3 is 2.67 bits per heavy atom. The highest BCUT2D eigenvalue weighted by molar-refractivity contribution is 6.05. The fraction of sp³-hybridized carbons (Fsp3) is 0.556. The van der Waals surface area contributed by atoms with Crippen LogP contribution in [0.1, 0.15) is 44.6 Å². The predicted molar refractivity (Wildman–Crippen MR) is 88.5 cm³/mol. The van der Waals surface area contributed by atoms with E-state index in [1.807, 2.05) is 18.2 Å². The minimum Gasteiger partial charge on any atom is -0.493 e. The molecule has 3 rings (SSSR count). The summed E-state index contributed by atoms with van der Waals surface area (Å²) >= 11 is 0. The van der Waals surface area contributed by atoms with E-state index in [-0.39, 0.29) is 6.10 Å². The second-order valence-electron chi connectivity index (χ2n) is 6.42. The molecule has 0 aromatic heterocycles. The second kappa shape index (κ2) is 6.71. The predicted octanol–water partition coefficient (Wildman–Crippen LogP) is 3.07. The van der Waals surface area contributed by atoms with Crippen molar-refractivity contribution in [1.29, 1.82) is 0 Å². The van der Waals surface area contributed by atoms with Crippen LogP contribution < -0.4 is 9.47 Å². The quantitative estimate of drug-likeness (QED) is 0.775. The van der Waals surface area contributed by atoms with E-state index in [0.29, 0.717) is 23.6 Å². The van der Waals surface area contributed by atoms with E-state index in [9.17, 15) is 4.79 Å². The van der Waals surface area contributed by atoms with Crippen molar-refractivity contribution in [3.8, 4) is 11.5 Å². The van der Waals surface area contributed by atoms with Crippen molar-refractivity contribution in [2.45, 2.75) is 50.7 Å². The van der Waals surface area contributed by atoms with Crippen molar-refractivity contribution in [2.24, 2.45) is 5.16 Å². The maximum Gasteiger partial charge on any atom is 0.353 e. The zero-order valence-corrected chi connectivity index (χ0v) is 14.3. The lowest BCUT2D eigenvalue weighted by Gasteiger charge is -2.18. The molecule has 1 aromatic carbocycles. The minimum atomic E-state index is -1.07. The van der Waals surface area contributed by atoms with Crippen LogP contribution >= 0.6 is 0 Å². The lowest BCUT2D eigenvalue weighted by Crippen LogP contribution is -2.36. The molecule has 1 atom stereocenters. The molecule has 1 heterocycles. The number of ether oxygens (including phenoxy) is 3. The first kappa shape index (κ1) is 16.6. The third kappa shape index (κ3) is 3.18. The summed E-state index contributed by atoms with van der Waals surface area (Å²) in [5.74, 6) is 0.967. The Morgan fingerprint density at radius 2 is 2.00 bits per heavy atom. The van der Waals surface area contributed by atoms with Gasteiger partial charge in [0.2, 0.25) is 5.60 Å². The van der Waals surface area contributed by atoms with Gasteiger partial charge in [-0.1, -0.05) is 5.16 Å². The minimum absolute atomic E-state index is 0.233. The van der Waals surface area contributed by atoms with Gasteiger partial charge in [-0.3, -0.25) is 0 Å². The van der Waals surface area contributed by atoms with Gasteiger partial charge in [0.1, 0.15) is 0 Å². The molecule has 2 aliphatic rings. The molecule has 1 aliphatic heterocycles. The molecule has 0 amide bonds. The van der Waals surface area contributed by atoms with Gasteiger partial charge in [-0.25, -0.2) is 4.79 Å². The van der Waals surface area contributed by atoms with Crippen LogP contribution in [0.4, 0.5) is 0 Å². The maximum atomic E-state index is 11.8. The molecule has 6 nitrogen and oxygen atoms in total. The second-order valence-corrected chi connectivity index (χ2v) is 6.42. The molecule has 130 valence electrons. The molecule has 0 N–H and O–H groups in total. The summed E-state index contributed by atoms with van der Waals surface area (Å²) in [6.45, 7) is 1.68. The number of carbonyl (C=O) groups is 1. The molecule has 1 aliphatic carbocycles. The van der Waals surface area contributed by atoms with Crippen molar-refractivity contribution in [3.05, 3.63) is 23.8 Å². The number of nitrogens with zero attached hydrogens (tertiary/aromatic N) is 1. The van der Waals surface area contributed by atoms with E-state index in [2.05, 4.69) is 5.16 Å². The van der Waals surface area contributed by atoms with Crippen molar-refractivity contribution >= 4 is 11.7 Å². The number of carbonyl (C=O) groups excluding carboxylic acids is 1. The van der Waals surface area contributed by atoms with Crippen LogP contribution in [0, 0.1) is 0 Å². The molecule has 0 spiro atoms. The highest BCUT2D eigenvalue weighted by Crippen LogP contribution is 2.35. The molecule has 0 saturated heterocycles. The van der Waals surface area contributed by atoms with Crippen LogP contribution in [0.15, 0.2) is 23.4 Å². The summed E-state index contributed by atoms with van der Waals surface area (Å²) in [6.07, 6.45) is 5.12. The van der Waals surface area contributed by atoms with E-state index in [0.717, 1.165) is 18.4 Å². The first-order chi connectivity index (χ1) is 11.6. The molecule has 24 heavy (non-hydrogen) atoms. The average molecular weight is 333 g/mol. The first-order valence-corrected chi connectivity index (χ1v) is 8.24. The Bertz CT molecular complexity index is 651. The normalized spacial score (nSPS) is 23.5. The van der Waals surface area contributed by atoms with Crippen LogP contribution in [0.3, 0.4) is 0 Å². The highest BCUT2D eigenvalue weighted by Gasteiger charge is 2.43. The number of hydrogen-bond acceptors (Lipinski definition) is 6. The summed E-state index contributed by atoms with van der Waals surface area (Å²) in [5, 5.41) is 4.08. The van der Waals surface area contributed by atoms with Gasteiger partial charge < -0.3 is 19.0 Å². The van der Waals surface area contributed by atoms with Crippen molar-refractivity contribution in [3.63, 3.8) is 0 Å². The van der Waals surface area contributed by atoms with Gasteiger partial charge in [-0.2, -0.15) is 0 Å². The largest absolute Gasteiger partial charge is 0.493 e. The summed E-state index contributed by atoms with van der Waals surface area (Å²) in [5.41, 5.74) is 0.481. The Morgan fingerprint density at radius 1 is 1.25 bits per heavy atom. The number of esters is 1. The van der Waals surface area contributed by atoms with Crippen LogP contribution in [-0.4, -0.2) is 37.6 Å². The van der Waals surface area contributed by atoms with Gasteiger partial charge in [0.05, 0.1) is 26.0 Å². The Kier molecular flexibility index (Phi) is 4.64. The highest BCUT2D eigenvalue weighted by atomic mass is 16.7. The van der Waals surface area contributed by atoms with Gasteiger partial charge in [0.25, 0.3) is 0 Å². The Hall–Kier alpha value is -2.24. The van der Waals surface area contributed by atoms with E-state index in [1.54, 1.807) is 14.0 Å². The number of hydrogen-bond donors (Lipinski definition) is 0. The first-order valence-electron chi connectivity index (χ1n) is 8.24. The molecule has 1 aromatic rings. The molecule has 6 heteroatoms. The van der Waals surface area contributed by atoms with Gasteiger partial charge in [-0.05, 0) is 50.8 Å². The molecule has 0 radical (unpaired) electrons. The Labute approximate surface area is 141 Å². The molecular formula is C18H23NO5. The Balaban J connectivity index is 1.80. The monoisotopic (exact) mass is 333 g/mol. The van der Waals surface area contributed by atoms with Gasteiger partial charge in [0.15, 0.2) is 11.5 Å². The lowest BCUT2D eigenvalue weighted by molar-refractivity contribution is -0.164. The molecule has 1 saturated carbocycles. The van der Waals surface area contributed by atoms with Gasteiger partial charge in [0, 0.05) is 12.0 Å². The number of rotatable bonds is 5. The third-order valence-electron chi connectivity index (χ3n) is 4.57. The number of benzene rings is 1. The lowest BCUT2D eigenvalue weighted by atomic mass is 9.96. The zero-order valence-electron chi connectivity index (χ0n) is 14.3. The third-order valence-corrected chi connectivity index (χ3v) is 4.57. The summed E-state index contributed by atoms with van der Waals surface area (Å²) in [7, 11) is 2.97. The van der Waals surface area contributed by atoms with E-state index < -0.39 is 11.6 Å². The van der Waals surface area contributed by atoms with E-state index in [1.165, 1.54) is 20.0 Å². The molecular weight excluding hydrogens is 310 g/mol. The van der Waals surface area contributed by atoms with Gasteiger partial charge in [-0.15, -0.1) is 0 Å². The van der Waals surface area contributed by atoms with E-state index >= 15 is 0 Å². The topological polar surface area (TPSA) is 66.4 Å². The molecule has 0 unspecified atom stereocenters. The number of oxime groups is 1. The van der Waals surface area contributed by atoms with Crippen molar-refractivity contribution in [2.75, 3.05) is 14.2 Å². The van der Waals surface area contributed by atoms with Crippen LogP contribution in [0.5, 0.6) is 11.5 Å². The summed E-state index contributed by atoms with van der Waals surface area (Å²) in [4.78, 5) is 17.2. The van der Waals surface area contributed by atoms with Crippen molar-refractivity contribution < 1.29 is 23.8 Å².